The fourth-order valence-electron chi connectivity index (χ4n) is 1.15. The summed E-state index contributed by atoms with van der Waals surface area (Å²) in [5.41, 5.74) is 5.44. The van der Waals surface area contributed by atoms with Gasteiger partial charge in [-0.05, 0) is 12.8 Å². The molecule has 0 amide bonds. The highest BCUT2D eigenvalue weighted by Crippen LogP contribution is 2.23. The molecule has 1 fully saturated rings. The van der Waals surface area contributed by atoms with E-state index in [1.807, 2.05) is 0 Å². The first kappa shape index (κ1) is 6.53. The number of nitrogens with two attached hydrogens (primary N) is 1. The third-order valence-electron chi connectivity index (χ3n) is 1.76. The first-order chi connectivity index (χ1) is 4.24. The van der Waals surface area contributed by atoms with E-state index >= 15 is 0 Å². The van der Waals surface area contributed by atoms with E-state index in [-0.39, 0.29) is 12.0 Å². The summed E-state index contributed by atoms with van der Waals surface area (Å²) in [7, 11) is 0. The van der Waals surface area contributed by atoms with E-state index in [4.69, 9.17) is 16.1 Å². The molecule has 3 atom stereocenters. The minimum atomic E-state index is -0.449. The molecule has 1 aliphatic rings. The third kappa shape index (κ3) is 1.21. The average Bonchev–Trinajstić information content (AvgIpc) is 2.13. The van der Waals surface area contributed by atoms with Crippen molar-refractivity contribution in [2.75, 3.05) is 0 Å². The molecular formula is C6H10N2O. The Hall–Kier alpha value is -0.590. The minimum absolute atomic E-state index is 0.0185. The van der Waals surface area contributed by atoms with Gasteiger partial charge in [-0.2, -0.15) is 5.26 Å². The maximum atomic E-state index is 9.02. The van der Waals surface area contributed by atoms with Crippen molar-refractivity contribution in [1.82, 2.24) is 0 Å². The van der Waals surface area contributed by atoms with Gasteiger partial charge >= 0.3 is 0 Å². The molecule has 0 unspecified atom stereocenters. The van der Waals surface area contributed by atoms with Crippen molar-refractivity contribution in [1.29, 1.82) is 5.26 Å². The molecule has 0 aromatic carbocycles. The second-order valence-electron chi connectivity index (χ2n) is 2.53. The van der Waals surface area contributed by atoms with Gasteiger partial charge in [-0.15, -0.1) is 0 Å². The monoisotopic (exact) mass is 126 g/mol. The van der Waals surface area contributed by atoms with Crippen LogP contribution in [0.15, 0.2) is 0 Å². The molecule has 0 spiro atoms. The van der Waals surface area contributed by atoms with E-state index in [1.165, 1.54) is 0 Å². The minimum Gasteiger partial charge on any atom is -0.391 e. The fraction of sp³-hybridized carbons (Fsp3) is 0.833. The zero-order valence-electron chi connectivity index (χ0n) is 5.12. The van der Waals surface area contributed by atoms with Gasteiger partial charge in [0.05, 0.1) is 18.1 Å². The van der Waals surface area contributed by atoms with Crippen LogP contribution >= 0.6 is 0 Å². The highest BCUT2D eigenvalue weighted by atomic mass is 16.3. The molecule has 0 aromatic rings. The maximum Gasteiger partial charge on any atom is 0.0704 e. The third-order valence-corrected chi connectivity index (χ3v) is 1.76. The lowest BCUT2D eigenvalue weighted by Gasteiger charge is -2.04. The molecule has 3 heteroatoms. The quantitative estimate of drug-likeness (QED) is 0.464. The molecule has 0 aromatic heterocycles. The maximum absolute atomic E-state index is 9.02. The van der Waals surface area contributed by atoms with E-state index in [9.17, 15) is 0 Å². The number of nitrogens with zero attached hydrogens (tertiary/aromatic N) is 1. The van der Waals surface area contributed by atoms with E-state index in [1.54, 1.807) is 0 Å². The van der Waals surface area contributed by atoms with Crippen LogP contribution in [-0.2, 0) is 0 Å². The molecule has 0 radical (unpaired) electrons. The first-order valence-electron chi connectivity index (χ1n) is 3.07. The molecule has 50 valence electrons. The highest BCUT2D eigenvalue weighted by molar-refractivity contribution is 4.96. The van der Waals surface area contributed by atoms with E-state index in [2.05, 4.69) is 6.07 Å². The Kier molecular flexibility index (Phi) is 1.70. The number of hydrogen-bond donors (Lipinski definition) is 2. The van der Waals surface area contributed by atoms with Gasteiger partial charge in [0, 0.05) is 6.04 Å². The molecule has 1 aliphatic carbocycles. The van der Waals surface area contributed by atoms with Crippen molar-refractivity contribution in [2.24, 2.45) is 11.7 Å². The molecule has 0 aliphatic heterocycles. The van der Waals surface area contributed by atoms with E-state index in [0.29, 0.717) is 12.8 Å². The number of hydrogen-bond acceptors (Lipinski definition) is 3. The molecular weight excluding hydrogens is 116 g/mol. The number of aliphatic hydroxyl groups excluding tert-OH is 1. The van der Waals surface area contributed by atoms with Crippen LogP contribution < -0.4 is 5.73 Å². The predicted octanol–water partition coefficient (Wildman–Crippen LogP) is -0.392. The Balaban J connectivity index is 2.46. The van der Waals surface area contributed by atoms with Crippen LogP contribution in [0, 0.1) is 17.2 Å². The van der Waals surface area contributed by atoms with Crippen molar-refractivity contribution < 1.29 is 5.11 Å². The van der Waals surface area contributed by atoms with Gasteiger partial charge in [0.15, 0.2) is 0 Å². The van der Waals surface area contributed by atoms with Crippen LogP contribution in [0.4, 0.5) is 0 Å². The van der Waals surface area contributed by atoms with Gasteiger partial charge in [0.1, 0.15) is 0 Å². The van der Waals surface area contributed by atoms with Crippen molar-refractivity contribution in [3.8, 4) is 6.07 Å². The van der Waals surface area contributed by atoms with Crippen LogP contribution in [0.25, 0.3) is 0 Å². The standard InChI is InChI=1S/C6H10N2O/c7-3-4-1-5(8)6(9)2-4/h4-6,9H,1-2,8H2/t4-,5+,6+/m0/s1. The summed E-state index contributed by atoms with van der Waals surface area (Å²) < 4.78 is 0. The van der Waals surface area contributed by atoms with Crippen molar-refractivity contribution in [3.63, 3.8) is 0 Å². The molecule has 9 heavy (non-hydrogen) atoms. The average molecular weight is 126 g/mol. The molecule has 3 nitrogen and oxygen atoms in total. The van der Waals surface area contributed by atoms with Gasteiger partial charge in [-0.25, -0.2) is 0 Å². The highest BCUT2D eigenvalue weighted by Gasteiger charge is 2.29. The topological polar surface area (TPSA) is 70.0 Å². The van der Waals surface area contributed by atoms with Crippen molar-refractivity contribution >= 4 is 0 Å². The normalized spacial score (nSPS) is 42.6. The van der Waals surface area contributed by atoms with Crippen LogP contribution in [0.5, 0.6) is 0 Å². The van der Waals surface area contributed by atoms with Gasteiger partial charge in [0.25, 0.3) is 0 Å². The summed E-state index contributed by atoms with van der Waals surface area (Å²) in [5, 5.41) is 17.4. The molecule has 3 N–H and O–H groups in total. The fourth-order valence-corrected chi connectivity index (χ4v) is 1.15. The van der Waals surface area contributed by atoms with E-state index < -0.39 is 6.10 Å². The molecule has 0 bridgehead atoms. The first-order valence-corrected chi connectivity index (χ1v) is 3.07. The summed E-state index contributed by atoms with van der Waals surface area (Å²) in [6.07, 6.45) is 0.754. The summed E-state index contributed by atoms with van der Waals surface area (Å²) in [5.74, 6) is -0.0185. The lowest BCUT2D eigenvalue weighted by atomic mass is 10.1. The van der Waals surface area contributed by atoms with Crippen LogP contribution in [-0.4, -0.2) is 17.3 Å². The van der Waals surface area contributed by atoms with Crippen molar-refractivity contribution in [2.45, 2.75) is 25.0 Å². The second-order valence-corrected chi connectivity index (χ2v) is 2.53. The molecule has 1 rings (SSSR count). The summed E-state index contributed by atoms with van der Waals surface area (Å²) >= 11 is 0. The largest absolute Gasteiger partial charge is 0.391 e. The Morgan fingerprint density at radius 3 is 2.44 bits per heavy atom. The van der Waals surface area contributed by atoms with Gasteiger partial charge in [-0.1, -0.05) is 0 Å². The Morgan fingerprint density at radius 2 is 2.22 bits per heavy atom. The second kappa shape index (κ2) is 2.34. The van der Waals surface area contributed by atoms with Gasteiger partial charge in [0.2, 0.25) is 0 Å². The summed E-state index contributed by atoms with van der Waals surface area (Å²) in [6.45, 7) is 0. The summed E-state index contributed by atoms with van der Waals surface area (Å²) in [6, 6.07) is 1.91. The lowest BCUT2D eigenvalue weighted by Crippen LogP contribution is -2.28. The molecule has 1 saturated carbocycles. The number of nitriles is 1. The summed E-state index contributed by atoms with van der Waals surface area (Å²) in [4.78, 5) is 0. The Labute approximate surface area is 54.1 Å². The van der Waals surface area contributed by atoms with Gasteiger partial charge in [-0.3, -0.25) is 0 Å². The van der Waals surface area contributed by atoms with Crippen molar-refractivity contribution in [3.05, 3.63) is 0 Å². The zero-order chi connectivity index (χ0) is 6.85. The smallest absolute Gasteiger partial charge is 0.0704 e. The Bertz CT molecular complexity index is 130. The van der Waals surface area contributed by atoms with E-state index in [0.717, 1.165) is 0 Å². The molecule has 0 heterocycles. The number of aliphatic hydroxyl groups is 1. The van der Waals surface area contributed by atoms with Crippen LogP contribution in [0.3, 0.4) is 0 Å². The molecule has 0 saturated heterocycles. The van der Waals surface area contributed by atoms with Crippen LogP contribution in [0.1, 0.15) is 12.8 Å². The predicted molar refractivity (Wildman–Crippen MR) is 32.3 cm³/mol. The van der Waals surface area contributed by atoms with Gasteiger partial charge < -0.3 is 10.8 Å². The SMILES string of the molecule is N#C[C@H]1C[C@@H](N)[C@H](O)C1. The Morgan fingerprint density at radius 1 is 1.56 bits per heavy atom. The zero-order valence-corrected chi connectivity index (χ0v) is 5.12. The van der Waals surface area contributed by atoms with Crippen LogP contribution in [0.2, 0.25) is 0 Å². The number of rotatable bonds is 0. The lowest BCUT2D eigenvalue weighted by molar-refractivity contribution is 0.163.